The predicted molar refractivity (Wildman–Crippen MR) is 115 cm³/mol. The summed E-state index contributed by atoms with van der Waals surface area (Å²) < 4.78 is 0. The Kier molecular flexibility index (Phi) is 5.24. The van der Waals surface area contributed by atoms with Gasteiger partial charge in [-0.15, -0.1) is 0 Å². The number of nitrogens with zero attached hydrogens (tertiary/aromatic N) is 3. The molecule has 0 spiro atoms. The maximum Gasteiger partial charge on any atom is 0.202 e. The Hall–Kier alpha value is -3.34. The van der Waals surface area contributed by atoms with Crippen LogP contribution in [0.4, 0.5) is 5.95 Å². The molecule has 0 aliphatic heterocycles. The third-order valence-electron chi connectivity index (χ3n) is 4.99. The minimum absolute atomic E-state index is 0.918. The van der Waals surface area contributed by atoms with Gasteiger partial charge in [-0.3, -0.25) is 0 Å². The number of hydrogen-bond donors (Lipinski definition) is 2. The third kappa shape index (κ3) is 3.83. The molecule has 2 aromatic carbocycles. The second kappa shape index (κ2) is 8.13. The number of hydrogen-bond acceptors (Lipinski definition) is 3. The molecule has 142 valence electrons. The molecule has 5 nitrogen and oxygen atoms in total. The van der Waals surface area contributed by atoms with Crippen LogP contribution in [0.1, 0.15) is 19.8 Å². The Labute approximate surface area is 165 Å². The van der Waals surface area contributed by atoms with E-state index in [0.717, 1.165) is 35.0 Å². The van der Waals surface area contributed by atoms with E-state index in [4.69, 9.17) is 0 Å². The van der Waals surface area contributed by atoms with Crippen LogP contribution in [0.2, 0.25) is 0 Å². The van der Waals surface area contributed by atoms with E-state index in [1.807, 2.05) is 12.4 Å². The first-order chi connectivity index (χ1) is 13.7. The molecule has 28 heavy (non-hydrogen) atoms. The largest absolute Gasteiger partial charge is 0.345 e. The quantitative estimate of drug-likeness (QED) is 0.459. The summed E-state index contributed by atoms with van der Waals surface area (Å²) in [4.78, 5) is 17.3. The minimum Gasteiger partial charge on any atom is -0.345 e. The highest BCUT2D eigenvalue weighted by Crippen LogP contribution is 2.27. The number of rotatable bonds is 7. The first kappa shape index (κ1) is 18.0. The van der Waals surface area contributed by atoms with Gasteiger partial charge < -0.3 is 14.9 Å². The molecule has 0 unspecified atom stereocenters. The van der Waals surface area contributed by atoms with Crippen LogP contribution in [0.15, 0.2) is 67.3 Å². The average Bonchev–Trinajstić information content (AvgIpc) is 3.45. The fourth-order valence-electron chi connectivity index (χ4n) is 3.25. The Morgan fingerprint density at radius 1 is 0.821 bits per heavy atom. The van der Waals surface area contributed by atoms with Crippen LogP contribution in [0.3, 0.4) is 0 Å². The molecule has 0 atom stereocenters. The first-order valence-electron chi connectivity index (χ1n) is 9.70. The van der Waals surface area contributed by atoms with Gasteiger partial charge in [-0.2, -0.15) is 0 Å². The number of unbranched alkanes of at least 4 members (excludes halogenated alkanes) is 1. The van der Waals surface area contributed by atoms with Crippen molar-refractivity contribution in [1.29, 1.82) is 0 Å². The van der Waals surface area contributed by atoms with Crippen molar-refractivity contribution in [2.45, 2.75) is 19.8 Å². The lowest BCUT2D eigenvalue weighted by Gasteiger charge is -2.14. The van der Waals surface area contributed by atoms with Crippen LogP contribution in [0.25, 0.3) is 33.6 Å². The van der Waals surface area contributed by atoms with Gasteiger partial charge in [-0.1, -0.05) is 61.9 Å². The second-order valence-corrected chi connectivity index (χ2v) is 7.02. The van der Waals surface area contributed by atoms with Crippen LogP contribution in [-0.4, -0.2) is 33.5 Å². The number of aromatic amines is 2. The number of anilines is 1. The van der Waals surface area contributed by atoms with Gasteiger partial charge in [-0.25, -0.2) is 9.97 Å². The molecule has 2 heterocycles. The summed E-state index contributed by atoms with van der Waals surface area (Å²) in [5.41, 5.74) is 6.73. The Bertz CT molecular complexity index is 998. The van der Waals surface area contributed by atoms with E-state index in [1.54, 1.807) is 6.33 Å². The normalized spacial score (nSPS) is 10.9. The van der Waals surface area contributed by atoms with Gasteiger partial charge in [0.05, 0.1) is 30.1 Å². The molecule has 0 saturated heterocycles. The molecular weight excluding hydrogens is 346 g/mol. The monoisotopic (exact) mass is 371 g/mol. The zero-order valence-electron chi connectivity index (χ0n) is 16.3. The summed E-state index contributed by atoms with van der Waals surface area (Å²) >= 11 is 0. The summed E-state index contributed by atoms with van der Waals surface area (Å²) in [5, 5.41) is 0. The van der Waals surface area contributed by atoms with Crippen LogP contribution >= 0.6 is 0 Å². The number of imidazole rings is 2. The summed E-state index contributed by atoms with van der Waals surface area (Å²) in [5.74, 6) is 0.918. The molecule has 2 aromatic heterocycles. The summed E-state index contributed by atoms with van der Waals surface area (Å²) in [6.45, 7) is 3.21. The lowest BCUT2D eigenvalue weighted by molar-refractivity contribution is 0.754. The third-order valence-corrected chi connectivity index (χ3v) is 4.99. The molecular formula is C23H25N5. The summed E-state index contributed by atoms with van der Waals surface area (Å²) in [6.07, 6.45) is 7.79. The van der Waals surface area contributed by atoms with E-state index < -0.39 is 0 Å². The van der Waals surface area contributed by atoms with Gasteiger partial charge in [0.1, 0.15) is 0 Å². The van der Waals surface area contributed by atoms with Crippen molar-refractivity contribution in [2.24, 2.45) is 0 Å². The molecule has 0 aliphatic rings. The van der Waals surface area contributed by atoms with E-state index in [-0.39, 0.29) is 0 Å². The van der Waals surface area contributed by atoms with Gasteiger partial charge in [-0.05, 0) is 28.7 Å². The molecule has 2 N–H and O–H groups in total. The van der Waals surface area contributed by atoms with Crippen molar-refractivity contribution in [3.63, 3.8) is 0 Å². The van der Waals surface area contributed by atoms with Crippen molar-refractivity contribution in [3.8, 4) is 33.6 Å². The topological polar surface area (TPSA) is 60.6 Å². The first-order valence-corrected chi connectivity index (χ1v) is 9.70. The summed E-state index contributed by atoms with van der Waals surface area (Å²) in [7, 11) is 2.08. The maximum absolute atomic E-state index is 4.52. The van der Waals surface area contributed by atoms with Gasteiger partial charge in [0.25, 0.3) is 0 Å². The van der Waals surface area contributed by atoms with Gasteiger partial charge >= 0.3 is 0 Å². The molecule has 0 bridgehead atoms. The standard InChI is InChI=1S/C23H25N5/c1-3-4-13-28(2)23-25-15-22(27-23)20-11-7-18(8-12-20)17-5-9-19(10-6-17)21-14-24-16-26-21/h5-12,14-16H,3-4,13H2,1-2H3,(H,24,26)(H,25,27). The second-order valence-electron chi connectivity index (χ2n) is 7.02. The Morgan fingerprint density at radius 3 is 2.00 bits per heavy atom. The van der Waals surface area contributed by atoms with E-state index in [9.17, 15) is 0 Å². The van der Waals surface area contributed by atoms with Crippen molar-refractivity contribution in [1.82, 2.24) is 19.9 Å². The van der Waals surface area contributed by atoms with Crippen molar-refractivity contribution in [2.75, 3.05) is 18.5 Å². The molecule has 0 saturated carbocycles. The molecule has 4 aromatic rings. The zero-order chi connectivity index (χ0) is 19.3. The van der Waals surface area contributed by atoms with E-state index in [1.165, 1.54) is 24.0 Å². The summed E-state index contributed by atoms with van der Waals surface area (Å²) in [6, 6.07) is 17.1. The highest BCUT2D eigenvalue weighted by molar-refractivity contribution is 5.71. The fraction of sp³-hybridized carbons (Fsp3) is 0.217. The van der Waals surface area contributed by atoms with E-state index in [2.05, 4.69) is 87.3 Å². The molecule has 0 aliphatic carbocycles. The average molecular weight is 371 g/mol. The van der Waals surface area contributed by atoms with Crippen LogP contribution < -0.4 is 4.90 Å². The number of aromatic nitrogens is 4. The SMILES string of the molecule is CCCCN(C)c1ncc(-c2ccc(-c3ccc(-c4cnc[nH]4)cc3)cc2)[nH]1. The highest BCUT2D eigenvalue weighted by atomic mass is 15.2. The van der Waals surface area contributed by atoms with E-state index >= 15 is 0 Å². The zero-order valence-corrected chi connectivity index (χ0v) is 16.3. The fourth-order valence-corrected chi connectivity index (χ4v) is 3.25. The van der Waals surface area contributed by atoms with Gasteiger partial charge in [0, 0.05) is 13.6 Å². The molecule has 0 radical (unpaired) electrons. The number of nitrogens with one attached hydrogen (secondary N) is 2. The molecule has 4 rings (SSSR count). The molecule has 0 amide bonds. The van der Waals surface area contributed by atoms with Crippen LogP contribution in [0, 0.1) is 0 Å². The maximum atomic E-state index is 4.52. The van der Waals surface area contributed by atoms with Crippen molar-refractivity contribution < 1.29 is 0 Å². The molecule has 5 heteroatoms. The van der Waals surface area contributed by atoms with Crippen LogP contribution in [0.5, 0.6) is 0 Å². The number of H-pyrrole nitrogens is 2. The van der Waals surface area contributed by atoms with Crippen molar-refractivity contribution >= 4 is 5.95 Å². The Morgan fingerprint density at radius 2 is 1.43 bits per heavy atom. The lowest BCUT2D eigenvalue weighted by atomic mass is 10.0. The lowest BCUT2D eigenvalue weighted by Crippen LogP contribution is -2.19. The van der Waals surface area contributed by atoms with Crippen LogP contribution in [-0.2, 0) is 0 Å². The minimum atomic E-state index is 0.918. The highest BCUT2D eigenvalue weighted by Gasteiger charge is 2.08. The van der Waals surface area contributed by atoms with Crippen molar-refractivity contribution in [3.05, 3.63) is 67.3 Å². The van der Waals surface area contributed by atoms with E-state index in [0.29, 0.717) is 0 Å². The van der Waals surface area contributed by atoms with Gasteiger partial charge in [0.15, 0.2) is 0 Å². The number of benzene rings is 2. The Balaban J connectivity index is 1.49. The smallest absolute Gasteiger partial charge is 0.202 e. The van der Waals surface area contributed by atoms with Gasteiger partial charge in [0.2, 0.25) is 5.95 Å². The predicted octanol–water partition coefficient (Wildman–Crippen LogP) is 5.37. The molecule has 0 fully saturated rings.